The molecule has 1 aliphatic rings. The summed E-state index contributed by atoms with van der Waals surface area (Å²) in [7, 11) is 0. The summed E-state index contributed by atoms with van der Waals surface area (Å²) in [4.78, 5) is 14.6. The van der Waals surface area contributed by atoms with Crippen molar-refractivity contribution in [1.82, 2.24) is 4.90 Å². The number of nitrogens with zero attached hydrogens (tertiary/aromatic N) is 2. The number of rotatable bonds is 4. The minimum Gasteiger partial charge on any atom is -0.493 e. The number of likely N-dealkylation sites (tertiary alicyclic amines) is 1. The molecule has 2 aromatic carbocycles. The van der Waals surface area contributed by atoms with E-state index in [1.807, 2.05) is 36.1 Å². The van der Waals surface area contributed by atoms with Gasteiger partial charge in [0.2, 0.25) is 0 Å². The Kier molecular flexibility index (Phi) is 5.35. The fourth-order valence-corrected chi connectivity index (χ4v) is 3.24. The normalized spacial score (nSPS) is 17.0. The Morgan fingerprint density at radius 3 is 2.92 bits per heavy atom. The van der Waals surface area contributed by atoms with E-state index in [0.29, 0.717) is 30.2 Å². The van der Waals surface area contributed by atoms with Crippen molar-refractivity contribution in [2.75, 3.05) is 19.7 Å². The maximum atomic E-state index is 12.8. The molecule has 128 valence electrons. The Labute approximate surface area is 148 Å². The van der Waals surface area contributed by atoms with Crippen molar-refractivity contribution in [2.45, 2.75) is 19.8 Å². The standard InChI is InChI=1S/C21H22N2O2/c1-16-6-4-9-19(12-16)25-15-17-7-5-11-23(14-17)21(24)20-10-3-2-8-18(20)13-22/h2-4,6,8-10,12,17H,5,7,11,14-15H2,1H3/t17-/m1/s1. The molecular formula is C21H22N2O2. The van der Waals surface area contributed by atoms with Crippen molar-refractivity contribution in [3.63, 3.8) is 0 Å². The molecule has 1 heterocycles. The summed E-state index contributed by atoms with van der Waals surface area (Å²) >= 11 is 0. The third-order valence-electron chi connectivity index (χ3n) is 4.56. The highest BCUT2D eigenvalue weighted by atomic mass is 16.5. The van der Waals surface area contributed by atoms with Gasteiger partial charge in [-0.05, 0) is 49.6 Å². The van der Waals surface area contributed by atoms with Gasteiger partial charge in [0.25, 0.3) is 5.91 Å². The highest BCUT2D eigenvalue weighted by molar-refractivity contribution is 5.96. The van der Waals surface area contributed by atoms with Gasteiger partial charge in [-0.25, -0.2) is 0 Å². The average molecular weight is 334 g/mol. The van der Waals surface area contributed by atoms with Crippen LogP contribution >= 0.6 is 0 Å². The Morgan fingerprint density at radius 2 is 2.12 bits per heavy atom. The maximum Gasteiger partial charge on any atom is 0.255 e. The van der Waals surface area contributed by atoms with Gasteiger partial charge < -0.3 is 9.64 Å². The summed E-state index contributed by atoms with van der Waals surface area (Å²) < 4.78 is 5.91. The fourth-order valence-electron chi connectivity index (χ4n) is 3.24. The topological polar surface area (TPSA) is 53.3 Å². The Balaban J connectivity index is 1.63. The first kappa shape index (κ1) is 17.0. The van der Waals surface area contributed by atoms with E-state index >= 15 is 0 Å². The number of piperidine rings is 1. The Bertz CT molecular complexity index is 794. The van der Waals surface area contributed by atoms with Gasteiger partial charge in [0.05, 0.1) is 23.8 Å². The SMILES string of the molecule is Cc1cccc(OC[C@@H]2CCCN(C(=O)c3ccccc3C#N)C2)c1. The summed E-state index contributed by atoms with van der Waals surface area (Å²) in [5.74, 6) is 1.13. The minimum atomic E-state index is -0.0580. The van der Waals surface area contributed by atoms with Gasteiger partial charge >= 0.3 is 0 Å². The Hall–Kier alpha value is -2.80. The van der Waals surface area contributed by atoms with Crippen LogP contribution in [0.3, 0.4) is 0 Å². The summed E-state index contributed by atoms with van der Waals surface area (Å²) in [5, 5.41) is 9.21. The fraction of sp³-hybridized carbons (Fsp3) is 0.333. The lowest BCUT2D eigenvalue weighted by Gasteiger charge is -2.33. The van der Waals surface area contributed by atoms with Gasteiger partial charge in [-0.15, -0.1) is 0 Å². The molecule has 0 N–H and O–H groups in total. The number of carbonyl (C=O) groups excluding carboxylic acids is 1. The molecule has 1 fully saturated rings. The van der Waals surface area contributed by atoms with E-state index in [2.05, 4.69) is 6.07 Å². The van der Waals surface area contributed by atoms with Crippen LogP contribution < -0.4 is 4.74 Å². The van der Waals surface area contributed by atoms with Crippen molar-refractivity contribution in [2.24, 2.45) is 5.92 Å². The molecule has 0 radical (unpaired) electrons. The van der Waals surface area contributed by atoms with E-state index in [1.54, 1.807) is 24.3 Å². The first-order valence-corrected chi connectivity index (χ1v) is 8.65. The van der Waals surface area contributed by atoms with Crippen LogP contribution in [0.15, 0.2) is 48.5 Å². The second kappa shape index (κ2) is 7.85. The van der Waals surface area contributed by atoms with Crippen molar-refractivity contribution >= 4 is 5.91 Å². The van der Waals surface area contributed by atoms with Gasteiger partial charge in [0.15, 0.2) is 0 Å². The zero-order chi connectivity index (χ0) is 17.6. The Morgan fingerprint density at radius 1 is 1.28 bits per heavy atom. The molecule has 1 atom stereocenters. The zero-order valence-corrected chi connectivity index (χ0v) is 14.4. The lowest BCUT2D eigenvalue weighted by atomic mass is 9.97. The molecule has 1 saturated heterocycles. The molecule has 3 rings (SSSR count). The molecule has 4 nitrogen and oxygen atoms in total. The number of aryl methyl sites for hydroxylation is 1. The number of amides is 1. The lowest BCUT2D eigenvalue weighted by molar-refractivity contribution is 0.0633. The summed E-state index contributed by atoms with van der Waals surface area (Å²) in [6.45, 7) is 4.05. The van der Waals surface area contributed by atoms with E-state index in [4.69, 9.17) is 4.74 Å². The van der Waals surface area contributed by atoms with Crippen LogP contribution in [0.2, 0.25) is 0 Å². The van der Waals surface area contributed by atoms with Gasteiger partial charge in [-0.1, -0.05) is 24.3 Å². The predicted molar refractivity (Wildman–Crippen MR) is 96.5 cm³/mol. The van der Waals surface area contributed by atoms with Crippen LogP contribution in [-0.2, 0) is 0 Å². The van der Waals surface area contributed by atoms with E-state index in [9.17, 15) is 10.1 Å². The number of hydrogen-bond donors (Lipinski definition) is 0. The molecule has 0 aliphatic carbocycles. The molecule has 1 amide bonds. The summed E-state index contributed by atoms with van der Waals surface area (Å²) in [6, 6.07) is 17.1. The van der Waals surface area contributed by atoms with Crippen LogP contribution in [0.5, 0.6) is 5.75 Å². The molecular weight excluding hydrogens is 312 g/mol. The molecule has 0 aromatic heterocycles. The van der Waals surface area contributed by atoms with Gasteiger partial charge in [0, 0.05) is 19.0 Å². The summed E-state index contributed by atoms with van der Waals surface area (Å²) in [6.07, 6.45) is 2.01. The molecule has 0 saturated carbocycles. The largest absolute Gasteiger partial charge is 0.493 e. The van der Waals surface area contributed by atoms with Crippen molar-refractivity contribution < 1.29 is 9.53 Å². The third kappa shape index (κ3) is 4.19. The van der Waals surface area contributed by atoms with E-state index in [-0.39, 0.29) is 5.91 Å². The second-order valence-corrected chi connectivity index (χ2v) is 6.54. The van der Waals surface area contributed by atoms with Gasteiger partial charge in [0.1, 0.15) is 5.75 Å². The number of nitriles is 1. The first-order chi connectivity index (χ1) is 12.2. The van der Waals surface area contributed by atoms with Crippen molar-refractivity contribution in [1.29, 1.82) is 5.26 Å². The lowest BCUT2D eigenvalue weighted by Crippen LogP contribution is -2.41. The predicted octanol–water partition coefficient (Wildman–Crippen LogP) is 3.80. The quantitative estimate of drug-likeness (QED) is 0.854. The van der Waals surface area contributed by atoms with E-state index < -0.39 is 0 Å². The highest BCUT2D eigenvalue weighted by Gasteiger charge is 2.26. The molecule has 0 bridgehead atoms. The first-order valence-electron chi connectivity index (χ1n) is 8.65. The molecule has 1 aliphatic heterocycles. The zero-order valence-electron chi connectivity index (χ0n) is 14.4. The molecule has 2 aromatic rings. The second-order valence-electron chi connectivity index (χ2n) is 6.54. The monoisotopic (exact) mass is 334 g/mol. The number of ether oxygens (including phenoxy) is 1. The molecule has 0 spiro atoms. The van der Waals surface area contributed by atoms with Crippen LogP contribution in [0.1, 0.15) is 34.3 Å². The number of benzene rings is 2. The van der Waals surface area contributed by atoms with Crippen LogP contribution in [-0.4, -0.2) is 30.5 Å². The van der Waals surface area contributed by atoms with E-state index in [1.165, 1.54) is 5.56 Å². The van der Waals surface area contributed by atoms with Crippen LogP contribution in [0.4, 0.5) is 0 Å². The van der Waals surface area contributed by atoms with Crippen LogP contribution in [0.25, 0.3) is 0 Å². The summed E-state index contributed by atoms with van der Waals surface area (Å²) in [5.41, 5.74) is 2.10. The third-order valence-corrected chi connectivity index (χ3v) is 4.56. The van der Waals surface area contributed by atoms with Crippen LogP contribution in [0, 0.1) is 24.2 Å². The molecule has 25 heavy (non-hydrogen) atoms. The molecule has 4 heteroatoms. The van der Waals surface area contributed by atoms with Crippen molar-refractivity contribution in [3.8, 4) is 11.8 Å². The molecule has 0 unspecified atom stereocenters. The maximum absolute atomic E-state index is 12.8. The number of hydrogen-bond acceptors (Lipinski definition) is 3. The van der Waals surface area contributed by atoms with Gasteiger partial charge in [-0.2, -0.15) is 5.26 Å². The van der Waals surface area contributed by atoms with Gasteiger partial charge in [-0.3, -0.25) is 4.79 Å². The smallest absolute Gasteiger partial charge is 0.255 e. The minimum absolute atomic E-state index is 0.0580. The van der Waals surface area contributed by atoms with Crippen molar-refractivity contribution in [3.05, 3.63) is 65.2 Å². The highest BCUT2D eigenvalue weighted by Crippen LogP contribution is 2.22. The average Bonchev–Trinajstić information content (AvgIpc) is 2.66. The number of carbonyl (C=O) groups is 1. The van der Waals surface area contributed by atoms with E-state index in [0.717, 1.165) is 25.1 Å².